The molecule has 0 saturated heterocycles. The van der Waals surface area contributed by atoms with Crippen LogP contribution in [-0.2, 0) is 0 Å². The van der Waals surface area contributed by atoms with E-state index in [4.69, 9.17) is 0 Å². The van der Waals surface area contributed by atoms with Crippen LogP contribution in [0.1, 0.15) is 0 Å². The van der Waals surface area contributed by atoms with Crippen molar-refractivity contribution in [1.82, 2.24) is 9.13 Å². The highest BCUT2D eigenvalue weighted by atomic mass is 15.2. The Labute approximate surface area is 449 Å². The Bertz CT molecular complexity index is 4860. The summed E-state index contributed by atoms with van der Waals surface area (Å²) in [6, 6.07) is 96.4. The van der Waals surface area contributed by atoms with E-state index in [0.29, 0.717) is 0 Å². The summed E-state index contributed by atoms with van der Waals surface area (Å²) in [6.45, 7) is -0.0435. The maximum atomic E-state index is 2.68. The van der Waals surface area contributed by atoms with E-state index < -0.39 is 0 Å². The van der Waals surface area contributed by atoms with Gasteiger partial charge in [0.1, 0.15) is 0 Å². The molecule has 0 bridgehead atoms. The van der Waals surface area contributed by atoms with Crippen molar-refractivity contribution >= 4 is 105 Å². The lowest BCUT2D eigenvalue weighted by Gasteiger charge is -2.36. The molecule has 0 amide bonds. The van der Waals surface area contributed by atoms with Crippen molar-refractivity contribution in [1.29, 1.82) is 0 Å². The van der Waals surface area contributed by atoms with Crippen molar-refractivity contribution in [3.8, 4) is 78.1 Å². The highest BCUT2D eigenvalue weighted by molar-refractivity contribution is 7.00. The largest absolute Gasteiger partial charge is 0.310 e. The number of rotatable bonds is 5. The molecule has 2 aliphatic carbocycles. The monoisotopic (exact) mass is 983 g/mol. The standard InChI is InChI=1S/C74H42BN3/c1-3-13-43(14-4-1)45-25-31-49(32-26-45)76(50-33-27-46(28-34-50)44-15-5-2-6-16-44)51-41-64-72-65(42-51)78-63-40-30-48-18-12-24-57-53-20-8-10-22-55(53)59-36-38-61(74(78)69(59)71(63)67(48)57)75(72)60-37-35-58-54-21-9-7-19-52(54)56-23-11-17-47-29-39-62-70(66(47)56)68(58)73(60)77(62)64/h1-42H. The molecule has 13 aromatic carbocycles. The third-order valence-corrected chi connectivity index (χ3v) is 18.1. The molecule has 0 spiro atoms. The van der Waals surface area contributed by atoms with E-state index >= 15 is 0 Å². The van der Waals surface area contributed by atoms with Crippen LogP contribution in [0, 0.1) is 0 Å². The molecule has 2 aromatic heterocycles. The third kappa shape index (κ3) is 5.15. The van der Waals surface area contributed by atoms with Crippen LogP contribution in [0.2, 0.25) is 0 Å². The van der Waals surface area contributed by atoms with Gasteiger partial charge in [-0.1, -0.05) is 206 Å². The normalized spacial score (nSPS) is 12.8. The first-order valence-electron chi connectivity index (χ1n) is 27.3. The number of aromatic nitrogens is 2. The Kier molecular flexibility index (Phi) is 7.82. The van der Waals surface area contributed by atoms with Crippen molar-refractivity contribution < 1.29 is 0 Å². The number of nitrogens with zero attached hydrogens (tertiary/aromatic N) is 3. The molecule has 15 aromatic rings. The van der Waals surface area contributed by atoms with Gasteiger partial charge in [0, 0.05) is 44.3 Å². The highest BCUT2D eigenvalue weighted by Gasteiger charge is 2.43. The molecule has 4 aliphatic rings. The van der Waals surface area contributed by atoms with Gasteiger partial charge in [-0.15, -0.1) is 0 Å². The van der Waals surface area contributed by atoms with Gasteiger partial charge in [0.25, 0.3) is 6.71 Å². The summed E-state index contributed by atoms with van der Waals surface area (Å²) in [4.78, 5) is 2.50. The molecule has 356 valence electrons. The first-order chi connectivity index (χ1) is 38.7. The number of hydrogen-bond donors (Lipinski definition) is 0. The molecular formula is C74H42BN3. The SMILES string of the molecule is c1ccc(-c2ccc(N(c3ccc(-c4ccccc4)cc3)c3cc4c5c(c3)-n3c6ccc7cccc8c7c6c6c(ccc(c63)B5c3ccc5c6c7c9c(cccc9ccc7n-4c36)-c3ccccc3-5)-c3ccccc3-8)cc2)cc1. The maximum absolute atomic E-state index is 2.68. The van der Waals surface area contributed by atoms with Crippen LogP contribution in [0.25, 0.3) is 143 Å². The van der Waals surface area contributed by atoms with Gasteiger partial charge in [0.2, 0.25) is 0 Å². The minimum absolute atomic E-state index is 0.0435. The van der Waals surface area contributed by atoms with Crippen molar-refractivity contribution in [3.05, 3.63) is 255 Å². The maximum Gasteiger partial charge on any atom is 0.252 e. The van der Waals surface area contributed by atoms with E-state index in [2.05, 4.69) is 269 Å². The average Bonchev–Trinajstić information content (AvgIpc) is 3.59. The Morgan fingerprint density at radius 2 is 0.654 bits per heavy atom. The van der Waals surface area contributed by atoms with Crippen LogP contribution in [0.3, 0.4) is 0 Å². The molecule has 3 nitrogen and oxygen atoms in total. The molecule has 19 rings (SSSR count). The van der Waals surface area contributed by atoms with Gasteiger partial charge in [-0.2, -0.15) is 0 Å². The fourth-order valence-electron chi connectivity index (χ4n) is 15.0. The van der Waals surface area contributed by atoms with Gasteiger partial charge in [0.05, 0.1) is 27.8 Å². The van der Waals surface area contributed by atoms with Crippen LogP contribution in [0.15, 0.2) is 255 Å². The summed E-state index contributed by atoms with van der Waals surface area (Å²) in [7, 11) is 0. The predicted molar refractivity (Wildman–Crippen MR) is 329 cm³/mol. The molecule has 0 saturated carbocycles. The van der Waals surface area contributed by atoms with Gasteiger partial charge in [-0.05, 0) is 153 Å². The molecule has 0 fully saturated rings. The fraction of sp³-hybridized carbons (Fsp3) is 0. The molecule has 0 radical (unpaired) electrons. The number of hydrogen-bond acceptors (Lipinski definition) is 1. The zero-order chi connectivity index (χ0) is 50.5. The first kappa shape index (κ1) is 41.1. The van der Waals surface area contributed by atoms with E-state index in [1.165, 1.54) is 160 Å². The minimum atomic E-state index is -0.0435. The zero-order valence-electron chi connectivity index (χ0n) is 42.2. The highest BCUT2D eigenvalue weighted by Crippen LogP contribution is 2.54. The van der Waals surface area contributed by atoms with E-state index in [0.717, 1.165) is 17.1 Å². The van der Waals surface area contributed by atoms with Gasteiger partial charge < -0.3 is 14.0 Å². The number of benzene rings is 13. The van der Waals surface area contributed by atoms with Gasteiger partial charge in [-0.3, -0.25) is 0 Å². The summed E-state index contributed by atoms with van der Waals surface area (Å²) in [5, 5.41) is 10.5. The van der Waals surface area contributed by atoms with Gasteiger partial charge >= 0.3 is 0 Å². The summed E-state index contributed by atoms with van der Waals surface area (Å²) < 4.78 is 5.35. The van der Waals surface area contributed by atoms with E-state index in [9.17, 15) is 0 Å². The molecule has 4 heterocycles. The lowest BCUT2D eigenvalue weighted by molar-refractivity contribution is 1.13. The van der Waals surface area contributed by atoms with E-state index in [1.54, 1.807) is 0 Å². The Hall–Kier alpha value is -10.2. The summed E-state index contributed by atoms with van der Waals surface area (Å²) in [5.41, 5.74) is 30.0. The van der Waals surface area contributed by atoms with Gasteiger partial charge in [-0.25, -0.2) is 0 Å². The van der Waals surface area contributed by atoms with Crippen LogP contribution in [-0.4, -0.2) is 15.8 Å². The Balaban J connectivity index is 0.980. The fourth-order valence-corrected chi connectivity index (χ4v) is 15.0. The van der Waals surface area contributed by atoms with Crippen LogP contribution in [0.5, 0.6) is 0 Å². The zero-order valence-corrected chi connectivity index (χ0v) is 42.2. The molecule has 4 heteroatoms. The summed E-state index contributed by atoms with van der Waals surface area (Å²) >= 11 is 0. The molecule has 0 N–H and O–H groups in total. The van der Waals surface area contributed by atoms with E-state index in [1.807, 2.05) is 0 Å². The molecule has 0 unspecified atom stereocenters. The third-order valence-electron chi connectivity index (χ3n) is 18.1. The first-order valence-corrected chi connectivity index (χ1v) is 27.3. The van der Waals surface area contributed by atoms with Crippen LogP contribution >= 0.6 is 0 Å². The lowest BCUT2D eigenvalue weighted by Crippen LogP contribution is -2.59. The van der Waals surface area contributed by atoms with Crippen molar-refractivity contribution in [3.63, 3.8) is 0 Å². The second kappa shape index (κ2) is 14.8. The number of fused-ring (bicyclic) bond motifs is 12. The average molecular weight is 984 g/mol. The molecular weight excluding hydrogens is 942 g/mol. The second-order valence-corrected chi connectivity index (χ2v) is 21.8. The number of anilines is 3. The van der Waals surface area contributed by atoms with E-state index in [-0.39, 0.29) is 6.71 Å². The van der Waals surface area contributed by atoms with Crippen molar-refractivity contribution in [2.45, 2.75) is 0 Å². The summed E-state index contributed by atoms with van der Waals surface area (Å²) in [5.74, 6) is 0. The quantitative estimate of drug-likeness (QED) is 0.157. The van der Waals surface area contributed by atoms with Crippen LogP contribution < -0.4 is 21.3 Å². The smallest absolute Gasteiger partial charge is 0.252 e. The molecule has 0 atom stereocenters. The minimum Gasteiger partial charge on any atom is -0.310 e. The summed E-state index contributed by atoms with van der Waals surface area (Å²) in [6.07, 6.45) is 0. The lowest BCUT2D eigenvalue weighted by atomic mass is 9.34. The topological polar surface area (TPSA) is 13.1 Å². The molecule has 2 aliphatic heterocycles. The molecule has 78 heavy (non-hydrogen) atoms. The van der Waals surface area contributed by atoms with Crippen molar-refractivity contribution in [2.24, 2.45) is 0 Å². The Morgan fingerprint density at radius 3 is 1.09 bits per heavy atom. The van der Waals surface area contributed by atoms with Crippen molar-refractivity contribution in [2.75, 3.05) is 4.90 Å². The predicted octanol–water partition coefficient (Wildman–Crippen LogP) is 17.4. The van der Waals surface area contributed by atoms with Crippen LogP contribution in [0.4, 0.5) is 17.1 Å². The Morgan fingerprint density at radius 1 is 0.269 bits per heavy atom. The van der Waals surface area contributed by atoms with Gasteiger partial charge in [0.15, 0.2) is 0 Å². The second-order valence-electron chi connectivity index (χ2n) is 21.8.